The molecule has 0 spiro atoms. The maximum absolute atomic E-state index is 14.5. The van der Waals surface area contributed by atoms with Crippen LogP contribution >= 0.6 is 0 Å². The van der Waals surface area contributed by atoms with Crippen molar-refractivity contribution in [3.63, 3.8) is 0 Å². The highest BCUT2D eigenvalue weighted by Gasteiger charge is 2.35. The molecule has 1 amide bonds. The molecule has 8 nitrogen and oxygen atoms in total. The molecule has 4 heterocycles. The quantitative estimate of drug-likeness (QED) is 0.712. The van der Waals surface area contributed by atoms with E-state index >= 15 is 0 Å². The summed E-state index contributed by atoms with van der Waals surface area (Å²) in [5.41, 5.74) is 1.11. The molecule has 1 atom stereocenters. The summed E-state index contributed by atoms with van der Waals surface area (Å²) in [6.45, 7) is 4.60. The van der Waals surface area contributed by atoms with Gasteiger partial charge in [0.25, 0.3) is 0 Å². The average Bonchev–Trinajstić information content (AvgIpc) is 3.35. The van der Waals surface area contributed by atoms with Crippen molar-refractivity contribution in [1.29, 1.82) is 0 Å². The first-order chi connectivity index (χ1) is 16.1. The largest absolute Gasteiger partial charge is 0.351 e. The minimum atomic E-state index is -0.382. The van der Waals surface area contributed by atoms with Gasteiger partial charge in [-0.1, -0.05) is 30.3 Å². The van der Waals surface area contributed by atoms with Gasteiger partial charge in [-0.2, -0.15) is 10.1 Å². The van der Waals surface area contributed by atoms with Gasteiger partial charge in [0, 0.05) is 57.8 Å². The Morgan fingerprint density at radius 3 is 2.45 bits per heavy atom. The SMILES string of the molecule is CN1CCN(c2nc(N3CCC(C(=O)N4N=CC[C@H]4c4ccccc4)CC3)ncc2F)CC1. The van der Waals surface area contributed by atoms with Crippen molar-refractivity contribution in [1.82, 2.24) is 19.9 Å². The Balaban J connectivity index is 1.23. The molecule has 3 aliphatic heterocycles. The van der Waals surface area contributed by atoms with Crippen LogP contribution in [0.3, 0.4) is 0 Å². The highest BCUT2D eigenvalue weighted by molar-refractivity contribution is 5.82. The van der Waals surface area contributed by atoms with Crippen molar-refractivity contribution in [2.45, 2.75) is 25.3 Å². The molecule has 0 aliphatic carbocycles. The van der Waals surface area contributed by atoms with Gasteiger partial charge in [0.2, 0.25) is 11.9 Å². The van der Waals surface area contributed by atoms with Gasteiger partial charge < -0.3 is 14.7 Å². The zero-order chi connectivity index (χ0) is 22.8. The van der Waals surface area contributed by atoms with E-state index in [-0.39, 0.29) is 23.7 Å². The number of hydrogen-bond acceptors (Lipinski definition) is 7. The second-order valence-corrected chi connectivity index (χ2v) is 9.04. The van der Waals surface area contributed by atoms with E-state index in [9.17, 15) is 9.18 Å². The zero-order valence-electron chi connectivity index (χ0n) is 19.0. The number of anilines is 2. The van der Waals surface area contributed by atoms with Gasteiger partial charge in [-0.05, 0) is 25.5 Å². The van der Waals surface area contributed by atoms with E-state index in [1.165, 1.54) is 6.20 Å². The third-order valence-corrected chi connectivity index (χ3v) is 6.88. The monoisotopic (exact) mass is 451 g/mol. The van der Waals surface area contributed by atoms with E-state index in [2.05, 4.69) is 31.9 Å². The number of halogens is 1. The van der Waals surface area contributed by atoms with Crippen LogP contribution in [0.2, 0.25) is 0 Å². The Bertz CT molecular complexity index is 1000. The summed E-state index contributed by atoms with van der Waals surface area (Å²) in [6, 6.07) is 10.0. The van der Waals surface area contributed by atoms with Crippen molar-refractivity contribution < 1.29 is 9.18 Å². The molecule has 2 saturated heterocycles. The topological polar surface area (TPSA) is 68.2 Å². The van der Waals surface area contributed by atoms with Crippen molar-refractivity contribution in [2.24, 2.45) is 11.0 Å². The van der Waals surface area contributed by atoms with Gasteiger partial charge in [0.15, 0.2) is 11.6 Å². The Morgan fingerprint density at radius 2 is 1.73 bits per heavy atom. The maximum atomic E-state index is 14.5. The van der Waals surface area contributed by atoms with Gasteiger partial charge in [-0.15, -0.1) is 0 Å². The van der Waals surface area contributed by atoms with E-state index in [0.717, 1.165) is 38.2 Å². The first-order valence-corrected chi connectivity index (χ1v) is 11.7. The maximum Gasteiger partial charge on any atom is 0.246 e. The number of nitrogens with zero attached hydrogens (tertiary/aromatic N) is 7. The van der Waals surface area contributed by atoms with Crippen molar-refractivity contribution in [2.75, 3.05) is 56.1 Å². The molecule has 9 heteroatoms. The van der Waals surface area contributed by atoms with Crippen LogP contribution in [0.4, 0.5) is 16.2 Å². The number of hydrazone groups is 1. The number of carbonyl (C=O) groups is 1. The molecule has 0 N–H and O–H groups in total. The number of carbonyl (C=O) groups excluding carboxylic acids is 1. The molecule has 1 aromatic heterocycles. The first kappa shape index (κ1) is 21.8. The lowest BCUT2D eigenvalue weighted by atomic mass is 9.94. The predicted octanol–water partition coefficient (Wildman–Crippen LogP) is 2.54. The van der Waals surface area contributed by atoms with Crippen LogP contribution in [0.5, 0.6) is 0 Å². The van der Waals surface area contributed by atoms with Gasteiger partial charge in [0.1, 0.15) is 0 Å². The number of hydrogen-bond donors (Lipinski definition) is 0. The molecule has 0 bridgehead atoms. The number of piperazine rings is 1. The summed E-state index contributed by atoms with van der Waals surface area (Å²) in [7, 11) is 2.07. The first-order valence-electron chi connectivity index (χ1n) is 11.7. The Kier molecular flexibility index (Phi) is 6.22. The molecule has 0 unspecified atom stereocenters. The molecule has 2 fully saturated rings. The minimum Gasteiger partial charge on any atom is -0.351 e. The lowest BCUT2D eigenvalue weighted by Crippen LogP contribution is -2.45. The minimum absolute atomic E-state index is 0.0247. The van der Waals surface area contributed by atoms with Crippen LogP contribution in [0.1, 0.15) is 30.9 Å². The standard InChI is InChI=1S/C24H30FN7O/c1-29-13-15-30(16-14-29)22-20(25)17-26-24(28-22)31-11-8-19(9-12-31)23(33)32-21(7-10-27-32)18-5-3-2-4-6-18/h2-6,10,17,19,21H,7-9,11-16H2,1H3/t21-/m0/s1. The normalized spacial score (nSPS) is 22.2. The van der Waals surface area contributed by atoms with Gasteiger partial charge in [-0.25, -0.2) is 14.4 Å². The van der Waals surface area contributed by atoms with Crippen LogP contribution < -0.4 is 9.80 Å². The summed E-state index contributed by atoms with van der Waals surface area (Å²) in [4.78, 5) is 28.4. The molecule has 0 radical (unpaired) electrons. The Labute approximate surface area is 193 Å². The number of amides is 1. The zero-order valence-corrected chi connectivity index (χ0v) is 19.0. The van der Waals surface area contributed by atoms with Gasteiger partial charge in [0.05, 0.1) is 12.2 Å². The fraction of sp³-hybridized carbons (Fsp3) is 0.500. The van der Waals surface area contributed by atoms with Crippen molar-refractivity contribution in [3.05, 3.63) is 47.9 Å². The Morgan fingerprint density at radius 1 is 1.00 bits per heavy atom. The van der Waals surface area contributed by atoms with Crippen LogP contribution in [0.15, 0.2) is 41.6 Å². The number of rotatable bonds is 4. The lowest BCUT2D eigenvalue weighted by Gasteiger charge is -2.35. The van der Waals surface area contributed by atoms with E-state index in [0.29, 0.717) is 37.7 Å². The van der Waals surface area contributed by atoms with E-state index in [1.54, 1.807) is 5.01 Å². The molecular weight excluding hydrogens is 421 g/mol. The highest BCUT2D eigenvalue weighted by atomic mass is 19.1. The number of piperidine rings is 1. The molecular formula is C24H30FN7O. The summed E-state index contributed by atoms with van der Waals surface area (Å²) < 4.78 is 14.5. The average molecular weight is 452 g/mol. The fourth-order valence-electron chi connectivity index (χ4n) is 4.83. The van der Waals surface area contributed by atoms with Crippen LogP contribution in [-0.4, -0.2) is 78.3 Å². The van der Waals surface area contributed by atoms with E-state index in [4.69, 9.17) is 0 Å². The summed E-state index contributed by atoms with van der Waals surface area (Å²) in [5.74, 6) is 0.531. The fourth-order valence-corrected chi connectivity index (χ4v) is 4.83. The summed E-state index contributed by atoms with van der Waals surface area (Å²) in [6.07, 6.45) is 5.26. The third-order valence-electron chi connectivity index (χ3n) is 6.88. The molecule has 1 aromatic carbocycles. The summed E-state index contributed by atoms with van der Waals surface area (Å²) in [5, 5.41) is 6.06. The van der Waals surface area contributed by atoms with Gasteiger partial charge >= 0.3 is 0 Å². The molecule has 174 valence electrons. The second-order valence-electron chi connectivity index (χ2n) is 9.04. The van der Waals surface area contributed by atoms with Crippen molar-refractivity contribution in [3.8, 4) is 0 Å². The highest BCUT2D eigenvalue weighted by Crippen LogP contribution is 2.32. The smallest absolute Gasteiger partial charge is 0.246 e. The number of aromatic nitrogens is 2. The Hall–Kier alpha value is -3.07. The van der Waals surface area contributed by atoms with E-state index < -0.39 is 0 Å². The van der Waals surface area contributed by atoms with Crippen LogP contribution in [0, 0.1) is 11.7 Å². The number of likely N-dealkylation sites (N-methyl/N-ethyl adjacent to an activating group) is 1. The van der Waals surface area contributed by atoms with Crippen molar-refractivity contribution >= 4 is 23.9 Å². The molecule has 33 heavy (non-hydrogen) atoms. The molecule has 3 aliphatic rings. The third kappa shape index (κ3) is 4.55. The van der Waals surface area contributed by atoms with Crippen LogP contribution in [0.25, 0.3) is 0 Å². The number of benzene rings is 1. The van der Waals surface area contributed by atoms with E-state index in [1.807, 2.05) is 41.4 Å². The summed E-state index contributed by atoms with van der Waals surface area (Å²) >= 11 is 0. The molecule has 0 saturated carbocycles. The molecule has 5 rings (SSSR count). The van der Waals surface area contributed by atoms with Crippen LogP contribution in [-0.2, 0) is 4.79 Å². The molecule has 2 aromatic rings. The second kappa shape index (κ2) is 9.43. The lowest BCUT2D eigenvalue weighted by molar-refractivity contribution is -0.138. The van der Waals surface area contributed by atoms with Gasteiger partial charge in [-0.3, -0.25) is 4.79 Å². The predicted molar refractivity (Wildman–Crippen MR) is 126 cm³/mol.